The highest BCUT2D eigenvalue weighted by Crippen LogP contribution is 2.28. The van der Waals surface area contributed by atoms with Gasteiger partial charge in [0.1, 0.15) is 5.75 Å². The average Bonchev–Trinajstić information content (AvgIpc) is 2.42. The van der Waals surface area contributed by atoms with Gasteiger partial charge in [0.25, 0.3) is 5.88 Å². The Bertz CT molecular complexity index is 668. The minimum atomic E-state index is -0.290. The summed E-state index contributed by atoms with van der Waals surface area (Å²) in [6, 6.07) is 5.22. The van der Waals surface area contributed by atoms with Crippen LogP contribution in [-0.2, 0) is 6.54 Å². The molecular weight excluding hydrogens is 278 g/mol. The SMILES string of the molecule is CC(C)n1ccnc(Oc2ccc(CN)cc2Cl)c1=O. The average molecular weight is 294 g/mol. The first kappa shape index (κ1) is 14.6. The van der Waals surface area contributed by atoms with E-state index >= 15 is 0 Å². The molecule has 0 unspecified atom stereocenters. The van der Waals surface area contributed by atoms with Gasteiger partial charge in [-0.05, 0) is 31.5 Å². The van der Waals surface area contributed by atoms with E-state index in [4.69, 9.17) is 22.1 Å². The zero-order chi connectivity index (χ0) is 14.7. The molecule has 0 amide bonds. The van der Waals surface area contributed by atoms with E-state index in [2.05, 4.69) is 4.98 Å². The normalized spacial score (nSPS) is 10.8. The molecule has 0 atom stereocenters. The third kappa shape index (κ3) is 3.00. The lowest BCUT2D eigenvalue weighted by Gasteiger charge is -2.11. The fraction of sp³-hybridized carbons (Fsp3) is 0.286. The largest absolute Gasteiger partial charge is 0.433 e. The monoisotopic (exact) mass is 293 g/mol. The zero-order valence-electron chi connectivity index (χ0n) is 11.3. The van der Waals surface area contributed by atoms with Gasteiger partial charge in [-0.2, -0.15) is 0 Å². The molecule has 0 spiro atoms. The minimum Gasteiger partial charge on any atom is -0.433 e. The molecule has 1 aromatic heterocycles. The molecule has 0 saturated carbocycles. The number of halogens is 1. The quantitative estimate of drug-likeness (QED) is 0.941. The lowest BCUT2D eigenvalue weighted by atomic mass is 10.2. The fourth-order valence-corrected chi connectivity index (χ4v) is 1.98. The fourth-order valence-electron chi connectivity index (χ4n) is 1.74. The van der Waals surface area contributed by atoms with Crippen LogP contribution in [0.1, 0.15) is 25.5 Å². The van der Waals surface area contributed by atoms with Crippen molar-refractivity contribution in [2.45, 2.75) is 26.4 Å². The Hall–Kier alpha value is -1.85. The second-order valence-corrected chi connectivity index (χ2v) is 5.02. The smallest absolute Gasteiger partial charge is 0.313 e. The molecule has 0 fully saturated rings. The van der Waals surface area contributed by atoms with Crippen molar-refractivity contribution in [3.8, 4) is 11.6 Å². The van der Waals surface area contributed by atoms with Crippen molar-refractivity contribution in [3.05, 3.63) is 51.5 Å². The van der Waals surface area contributed by atoms with E-state index in [1.165, 1.54) is 6.20 Å². The topological polar surface area (TPSA) is 70.1 Å². The van der Waals surface area contributed by atoms with Crippen LogP contribution in [0.5, 0.6) is 11.6 Å². The van der Waals surface area contributed by atoms with Gasteiger partial charge in [0.05, 0.1) is 5.02 Å². The summed E-state index contributed by atoms with van der Waals surface area (Å²) in [6.07, 6.45) is 3.15. The molecule has 6 heteroatoms. The van der Waals surface area contributed by atoms with Gasteiger partial charge in [0, 0.05) is 25.0 Å². The Morgan fingerprint density at radius 3 is 2.80 bits per heavy atom. The van der Waals surface area contributed by atoms with E-state index in [1.54, 1.807) is 29.0 Å². The zero-order valence-corrected chi connectivity index (χ0v) is 12.1. The van der Waals surface area contributed by atoms with Crippen LogP contribution in [-0.4, -0.2) is 9.55 Å². The lowest BCUT2D eigenvalue weighted by molar-refractivity contribution is 0.437. The standard InChI is InChI=1S/C14H16ClN3O2/c1-9(2)18-6-5-17-13(14(18)19)20-12-4-3-10(8-16)7-11(12)15/h3-7,9H,8,16H2,1-2H3. The van der Waals surface area contributed by atoms with Gasteiger partial charge in [-0.1, -0.05) is 17.7 Å². The van der Waals surface area contributed by atoms with Crippen LogP contribution in [0.4, 0.5) is 0 Å². The van der Waals surface area contributed by atoms with Crippen LogP contribution in [0, 0.1) is 0 Å². The van der Waals surface area contributed by atoms with Crippen molar-refractivity contribution in [2.75, 3.05) is 0 Å². The Morgan fingerprint density at radius 1 is 1.45 bits per heavy atom. The first-order chi connectivity index (χ1) is 9.52. The molecule has 2 rings (SSSR count). The Labute approximate surface area is 122 Å². The van der Waals surface area contributed by atoms with Crippen LogP contribution >= 0.6 is 11.6 Å². The van der Waals surface area contributed by atoms with E-state index in [1.807, 2.05) is 13.8 Å². The molecule has 2 N–H and O–H groups in total. The first-order valence-electron chi connectivity index (χ1n) is 6.26. The van der Waals surface area contributed by atoms with E-state index < -0.39 is 0 Å². The number of aromatic nitrogens is 2. The van der Waals surface area contributed by atoms with Crippen molar-refractivity contribution in [1.82, 2.24) is 9.55 Å². The Kier molecular flexibility index (Phi) is 4.42. The summed E-state index contributed by atoms with van der Waals surface area (Å²) in [5.41, 5.74) is 6.13. The maximum Gasteiger partial charge on any atom is 0.313 e. The van der Waals surface area contributed by atoms with Gasteiger partial charge in [-0.25, -0.2) is 4.98 Å². The van der Waals surface area contributed by atoms with Gasteiger partial charge in [-0.15, -0.1) is 0 Å². The molecule has 20 heavy (non-hydrogen) atoms. The van der Waals surface area contributed by atoms with Gasteiger partial charge in [0.15, 0.2) is 0 Å². The molecule has 1 heterocycles. The van der Waals surface area contributed by atoms with Gasteiger partial charge >= 0.3 is 5.56 Å². The number of hydrogen-bond acceptors (Lipinski definition) is 4. The Morgan fingerprint density at radius 2 is 2.20 bits per heavy atom. The number of benzene rings is 1. The highest BCUT2D eigenvalue weighted by atomic mass is 35.5. The minimum absolute atomic E-state index is 0.00333. The molecule has 106 valence electrons. The molecule has 0 saturated heterocycles. The summed E-state index contributed by atoms with van der Waals surface area (Å²) < 4.78 is 7.06. The highest BCUT2D eigenvalue weighted by Gasteiger charge is 2.11. The van der Waals surface area contributed by atoms with E-state index in [9.17, 15) is 4.79 Å². The van der Waals surface area contributed by atoms with E-state index in [0.717, 1.165) is 5.56 Å². The summed E-state index contributed by atoms with van der Waals surface area (Å²) >= 11 is 6.10. The van der Waals surface area contributed by atoms with Crippen LogP contribution in [0.15, 0.2) is 35.4 Å². The number of nitrogens with zero attached hydrogens (tertiary/aromatic N) is 2. The molecule has 1 aromatic carbocycles. The van der Waals surface area contributed by atoms with Crippen LogP contribution in [0.25, 0.3) is 0 Å². The van der Waals surface area contributed by atoms with Crippen LogP contribution in [0.3, 0.4) is 0 Å². The van der Waals surface area contributed by atoms with Crippen LogP contribution < -0.4 is 16.0 Å². The van der Waals surface area contributed by atoms with Crippen molar-refractivity contribution in [3.63, 3.8) is 0 Å². The number of ether oxygens (including phenoxy) is 1. The summed E-state index contributed by atoms with van der Waals surface area (Å²) in [4.78, 5) is 16.1. The predicted molar refractivity (Wildman–Crippen MR) is 78.3 cm³/mol. The lowest BCUT2D eigenvalue weighted by Crippen LogP contribution is -2.23. The molecular formula is C14H16ClN3O2. The van der Waals surface area contributed by atoms with E-state index in [0.29, 0.717) is 17.3 Å². The number of hydrogen-bond donors (Lipinski definition) is 1. The second kappa shape index (κ2) is 6.07. The molecule has 0 radical (unpaired) electrons. The summed E-state index contributed by atoms with van der Waals surface area (Å²) in [7, 11) is 0. The molecule has 0 aliphatic carbocycles. The maximum absolute atomic E-state index is 12.2. The highest BCUT2D eigenvalue weighted by molar-refractivity contribution is 6.32. The first-order valence-corrected chi connectivity index (χ1v) is 6.64. The molecule has 0 aliphatic heterocycles. The maximum atomic E-state index is 12.2. The number of rotatable bonds is 4. The summed E-state index contributed by atoms with van der Waals surface area (Å²) in [5, 5.41) is 0.397. The third-order valence-electron chi connectivity index (χ3n) is 2.83. The predicted octanol–water partition coefficient (Wildman–Crippen LogP) is 2.73. The van der Waals surface area contributed by atoms with Crippen LogP contribution in [0.2, 0.25) is 5.02 Å². The van der Waals surface area contributed by atoms with Crippen molar-refractivity contribution in [2.24, 2.45) is 5.73 Å². The van der Waals surface area contributed by atoms with Gasteiger partial charge in [0.2, 0.25) is 0 Å². The third-order valence-corrected chi connectivity index (χ3v) is 3.13. The van der Waals surface area contributed by atoms with Crippen molar-refractivity contribution in [1.29, 1.82) is 0 Å². The van der Waals surface area contributed by atoms with Crippen molar-refractivity contribution < 1.29 is 4.74 Å². The summed E-state index contributed by atoms with van der Waals surface area (Å²) in [6.45, 7) is 4.21. The molecule has 0 aliphatic rings. The second-order valence-electron chi connectivity index (χ2n) is 4.61. The summed E-state index contributed by atoms with van der Waals surface area (Å²) in [5.74, 6) is 0.388. The molecule has 0 bridgehead atoms. The molecule has 5 nitrogen and oxygen atoms in total. The van der Waals surface area contributed by atoms with E-state index in [-0.39, 0.29) is 17.5 Å². The number of nitrogens with two attached hydrogens (primary N) is 1. The molecule has 2 aromatic rings. The van der Waals surface area contributed by atoms with Crippen molar-refractivity contribution >= 4 is 11.6 Å². The Balaban J connectivity index is 2.36. The van der Waals surface area contributed by atoms with Gasteiger partial charge < -0.3 is 15.0 Å². The van der Waals surface area contributed by atoms with Gasteiger partial charge in [-0.3, -0.25) is 4.79 Å².